The van der Waals surface area contributed by atoms with Crippen LogP contribution in [-0.2, 0) is 7.05 Å². The van der Waals surface area contributed by atoms with E-state index in [-0.39, 0.29) is 5.75 Å². The van der Waals surface area contributed by atoms with Gasteiger partial charge in [-0.3, -0.25) is 4.68 Å². The van der Waals surface area contributed by atoms with E-state index < -0.39 is 0 Å². The van der Waals surface area contributed by atoms with Crippen molar-refractivity contribution in [3.05, 3.63) is 18.5 Å². The number of nitrogens with zero attached hydrogens (tertiary/aromatic N) is 2. The standard InChI is InChI=1S/C7H9N3O/c1-9-4-6(11)7-5(9)2-3-10(7)8/h2-4,11H,8H2,1H3. The highest BCUT2D eigenvalue weighted by molar-refractivity contribution is 5.83. The molecule has 4 heteroatoms. The van der Waals surface area contributed by atoms with Crippen LogP contribution >= 0.6 is 0 Å². The normalized spacial score (nSPS) is 11.0. The van der Waals surface area contributed by atoms with Crippen LogP contribution in [0.2, 0.25) is 0 Å². The van der Waals surface area contributed by atoms with Crippen molar-refractivity contribution >= 4 is 11.0 Å². The summed E-state index contributed by atoms with van der Waals surface area (Å²) in [5.41, 5.74) is 1.61. The Morgan fingerprint density at radius 2 is 2.27 bits per heavy atom. The summed E-state index contributed by atoms with van der Waals surface area (Å²) in [5.74, 6) is 5.75. The molecule has 0 amide bonds. The number of nitrogens with two attached hydrogens (primary N) is 1. The topological polar surface area (TPSA) is 56.1 Å². The van der Waals surface area contributed by atoms with E-state index in [0.717, 1.165) is 5.52 Å². The smallest absolute Gasteiger partial charge is 0.159 e. The highest BCUT2D eigenvalue weighted by atomic mass is 16.3. The molecule has 0 atom stereocenters. The van der Waals surface area contributed by atoms with Gasteiger partial charge in [-0.2, -0.15) is 0 Å². The molecular weight excluding hydrogens is 142 g/mol. The van der Waals surface area contributed by atoms with Crippen molar-refractivity contribution in [2.45, 2.75) is 0 Å². The Balaban J connectivity index is 2.98. The Kier molecular flexibility index (Phi) is 0.961. The summed E-state index contributed by atoms with van der Waals surface area (Å²) < 4.78 is 3.23. The molecule has 4 nitrogen and oxygen atoms in total. The highest BCUT2D eigenvalue weighted by Gasteiger charge is 2.07. The number of hydrogen-bond donors (Lipinski definition) is 2. The Hall–Kier alpha value is -1.58. The summed E-state index contributed by atoms with van der Waals surface area (Å²) in [5, 5.41) is 9.34. The molecule has 11 heavy (non-hydrogen) atoms. The lowest BCUT2D eigenvalue weighted by atomic mass is 10.5. The fraction of sp³-hybridized carbons (Fsp3) is 0.143. The van der Waals surface area contributed by atoms with Gasteiger partial charge in [0.2, 0.25) is 0 Å². The monoisotopic (exact) mass is 151 g/mol. The first kappa shape index (κ1) is 6.15. The van der Waals surface area contributed by atoms with Crippen molar-refractivity contribution in [1.82, 2.24) is 9.24 Å². The summed E-state index contributed by atoms with van der Waals surface area (Å²) in [7, 11) is 1.86. The molecule has 0 aliphatic carbocycles. The van der Waals surface area contributed by atoms with Gasteiger partial charge in [0, 0.05) is 19.4 Å². The molecule has 0 aromatic carbocycles. The van der Waals surface area contributed by atoms with Crippen LogP contribution in [0.1, 0.15) is 0 Å². The maximum absolute atomic E-state index is 9.34. The van der Waals surface area contributed by atoms with Crippen LogP contribution in [0.3, 0.4) is 0 Å². The van der Waals surface area contributed by atoms with Gasteiger partial charge < -0.3 is 15.5 Å². The molecule has 0 bridgehead atoms. The van der Waals surface area contributed by atoms with E-state index in [4.69, 9.17) is 5.84 Å². The fourth-order valence-electron chi connectivity index (χ4n) is 1.30. The van der Waals surface area contributed by atoms with E-state index in [9.17, 15) is 5.11 Å². The van der Waals surface area contributed by atoms with Crippen molar-refractivity contribution in [1.29, 1.82) is 0 Å². The predicted octanol–water partition coefficient (Wildman–Crippen LogP) is 0.399. The maximum Gasteiger partial charge on any atom is 0.159 e. The maximum atomic E-state index is 9.34. The third-order valence-electron chi connectivity index (χ3n) is 1.83. The molecule has 0 saturated heterocycles. The molecule has 0 aliphatic rings. The zero-order valence-electron chi connectivity index (χ0n) is 6.15. The second-order valence-electron chi connectivity index (χ2n) is 2.58. The minimum Gasteiger partial charge on any atom is -0.504 e. The molecule has 2 heterocycles. The van der Waals surface area contributed by atoms with E-state index in [1.165, 1.54) is 4.68 Å². The minimum absolute atomic E-state index is 0.218. The van der Waals surface area contributed by atoms with E-state index in [1.54, 1.807) is 12.4 Å². The average Bonchev–Trinajstić information content (AvgIpc) is 2.41. The van der Waals surface area contributed by atoms with Crippen LogP contribution in [-0.4, -0.2) is 14.3 Å². The van der Waals surface area contributed by atoms with E-state index in [0.29, 0.717) is 5.52 Å². The summed E-state index contributed by atoms with van der Waals surface area (Å²) >= 11 is 0. The van der Waals surface area contributed by atoms with Crippen molar-refractivity contribution in [3.8, 4) is 5.75 Å². The SMILES string of the molecule is Cn1cc(O)c2c1ccn2N. The first-order valence-corrected chi connectivity index (χ1v) is 3.30. The lowest BCUT2D eigenvalue weighted by Crippen LogP contribution is -2.04. The van der Waals surface area contributed by atoms with Gasteiger partial charge in [0.15, 0.2) is 5.75 Å². The first-order valence-electron chi connectivity index (χ1n) is 3.30. The van der Waals surface area contributed by atoms with Gasteiger partial charge in [-0.1, -0.05) is 0 Å². The number of nitrogen functional groups attached to an aromatic ring is 1. The van der Waals surface area contributed by atoms with Crippen molar-refractivity contribution in [2.24, 2.45) is 7.05 Å². The molecule has 0 unspecified atom stereocenters. The lowest BCUT2D eigenvalue weighted by Gasteiger charge is -1.90. The Morgan fingerprint density at radius 1 is 1.55 bits per heavy atom. The molecule has 2 aromatic heterocycles. The van der Waals surface area contributed by atoms with Crippen LogP contribution in [0.4, 0.5) is 0 Å². The highest BCUT2D eigenvalue weighted by Crippen LogP contribution is 2.25. The van der Waals surface area contributed by atoms with E-state index in [2.05, 4.69) is 0 Å². The molecule has 0 aliphatic heterocycles. The van der Waals surface area contributed by atoms with Gasteiger partial charge in [0.25, 0.3) is 0 Å². The number of aryl methyl sites for hydroxylation is 1. The third kappa shape index (κ3) is 0.633. The summed E-state index contributed by atoms with van der Waals surface area (Å²) in [4.78, 5) is 0. The Labute approximate surface area is 63.4 Å². The van der Waals surface area contributed by atoms with Gasteiger partial charge >= 0.3 is 0 Å². The molecule has 0 radical (unpaired) electrons. The third-order valence-corrected chi connectivity index (χ3v) is 1.83. The average molecular weight is 151 g/mol. The van der Waals surface area contributed by atoms with Gasteiger partial charge in [0.1, 0.15) is 5.52 Å². The number of aromatic hydroxyl groups is 1. The van der Waals surface area contributed by atoms with Gasteiger partial charge in [-0.25, -0.2) is 0 Å². The molecule has 2 rings (SSSR count). The van der Waals surface area contributed by atoms with E-state index >= 15 is 0 Å². The summed E-state index contributed by atoms with van der Waals surface area (Å²) in [6.07, 6.45) is 3.35. The Morgan fingerprint density at radius 3 is 2.91 bits per heavy atom. The Bertz CT molecular complexity index is 399. The molecule has 0 spiro atoms. The first-order chi connectivity index (χ1) is 5.20. The minimum atomic E-state index is 0.218. The van der Waals surface area contributed by atoms with Crippen LogP contribution in [0.15, 0.2) is 18.5 Å². The van der Waals surface area contributed by atoms with Gasteiger partial charge in [-0.15, -0.1) is 0 Å². The number of aromatic nitrogens is 2. The zero-order chi connectivity index (χ0) is 8.01. The second-order valence-corrected chi connectivity index (χ2v) is 2.58. The van der Waals surface area contributed by atoms with Crippen LogP contribution in [0.25, 0.3) is 11.0 Å². The largest absolute Gasteiger partial charge is 0.504 e. The van der Waals surface area contributed by atoms with Crippen LogP contribution in [0, 0.1) is 0 Å². The number of rotatable bonds is 0. The molecule has 0 fully saturated rings. The summed E-state index contributed by atoms with van der Waals surface area (Å²) in [6.45, 7) is 0. The lowest BCUT2D eigenvalue weighted by molar-refractivity contribution is 0.477. The molecule has 2 aromatic rings. The summed E-state index contributed by atoms with van der Waals surface area (Å²) in [6, 6.07) is 1.86. The quantitative estimate of drug-likeness (QED) is 0.535. The molecule has 0 saturated carbocycles. The van der Waals surface area contributed by atoms with Gasteiger partial charge in [-0.05, 0) is 6.07 Å². The molecule has 58 valence electrons. The van der Waals surface area contributed by atoms with Gasteiger partial charge in [0.05, 0.1) is 5.52 Å². The predicted molar refractivity (Wildman–Crippen MR) is 42.7 cm³/mol. The van der Waals surface area contributed by atoms with Crippen molar-refractivity contribution < 1.29 is 5.11 Å². The number of hydrogen-bond acceptors (Lipinski definition) is 2. The number of fused-ring (bicyclic) bond motifs is 1. The molecular formula is C7H9N3O. The fourth-order valence-corrected chi connectivity index (χ4v) is 1.30. The van der Waals surface area contributed by atoms with E-state index in [1.807, 2.05) is 17.7 Å². The van der Waals surface area contributed by atoms with Crippen LogP contribution < -0.4 is 5.84 Å². The zero-order valence-corrected chi connectivity index (χ0v) is 6.15. The second kappa shape index (κ2) is 1.72. The van der Waals surface area contributed by atoms with Crippen LogP contribution in [0.5, 0.6) is 5.75 Å². The molecule has 3 N–H and O–H groups in total. The van der Waals surface area contributed by atoms with Crippen molar-refractivity contribution in [3.63, 3.8) is 0 Å². The van der Waals surface area contributed by atoms with Crippen molar-refractivity contribution in [2.75, 3.05) is 5.84 Å².